The molecule has 0 saturated carbocycles. The van der Waals surface area contributed by atoms with Crippen LogP contribution in [0.3, 0.4) is 0 Å². The molecular weight excluding hydrogens is 753 g/mol. The van der Waals surface area contributed by atoms with Gasteiger partial charge in [-0.05, 0) is 36.5 Å². The Kier molecular flexibility index (Phi) is 12.5. The molecule has 0 bridgehead atoms. The number of carbonyl (C=O) groups is 4. The van der Waals surface area contributed by atoms with Gasteiger partial charge in [0.1, 0.15) is 23.7 Å². The van der Waals surface area contributed by atoms with Crippen molar-refractivity contribution in [3.63, 3.8) is 0 Å². The molecule has 1 saturated heterocycles. The van der Waals surface area contributed by atoms with E-state index in [9.17, 15) is 19.2 Å². The van der Waals surface area contributed by atoms with Crippen molar-refractivity contribution in [2.45, 2.75) is 43.9 Å². The first kappa shape index (κ1) is 40.0. The van der Waals surface area contributed by atoms with Crippen LogP contribution in [0.25, 0.3) is 33.9 Å². The molecule has 3 amide bonds. The molecule has 0 aliphatic carbocycles. The summed E-state index contributed by atoms with van der Waals surface area (Å²) in [6.45, 7) is 2.41. The molecule has 0 spiro atoms. The Hall–Kier alpha value is -7.20. The van der Waals surface area contributed by atoms with Crippen LogP contribution in [0.5, 0.6) is 0 Å². The summed E-state index contributed by atoms with van der Waals surface area (Å²) in [5, 5.41) is 8.51. The zero-order valence-corrected chi connectivity index (χ0v) is 32.7. The first-order valence-corrected chi connectivity index (χ1v) is 19.1. The average Bonchev–Trinajstić information content (AvgIpc) is 4.09. The number of alkyl carbamates (subject to hydrolysis) is 2. The molecule has 1 aliphatic heterocycles. The number of nitrogens with zero attached hydrogens (tertiary/aromatic N) is 5. The maximum absolute atomic E-state index is 13.9. The average molecular weight is 797 g/mol. The van der Waals surface area contributed by atoms with E-state index in [-0.39, 0.29) is 30.3 Å². The monoisotopic (exact) mass is 796 g/mol. The zero-order chi connectivity index (χ0) is 41.3. The van der Waals surface area contributed by atoms with Gasteiger partial charge in [-0.25, -0.2) is 29.5 Å². The van der Waals surface area contributed by atoms with Crippen molar-refractivity contribution in [2.75, 3.05) is 27.3 Å². The van der Waals surface area contributed by atoms with Crippen LogP contribution in [0.4, 0.5) is 9.59 Å². The van der Waals surface area contributed by atoms with Gasteiger partial charge in [0.25, 0.3) is 5.91 Å². The zero-order valence-electron chi connectivity index (χ0n) is 32.7. The van der Waals surface area contributed by atoms with Crippen molar-refractivity contribution in [1.29, 1.82) is 0 Å². The van der Waals surface area contributed by atoms with E-state index in [1.54, 1.807) is 66.1 Å². The van der Waals surface area contributed by atoms with Crippen LogP contribution in [0, 0.1) is 0 Å². The van der Waals surface area contributed by atoms with Gasteiger partial charge < -0.3 is 40.3 Å². The molecule has 1 fully saturated rings. The molecule has 59 heavy (non-hydrogen) atoms. The molecule has 4 heterocycles. The highest BCUT2D eigenvalue weighted by Crippen LogP contribution is 2.34. The molecular formula is C43H44N10O6. The van der Waals surface area contributed by atoms with Crippen molar-refractivity contribution in [3.8, 4) is 33.9 Å². The van der Waals surface area contributed by atoms with Crippen molar-refractivity contribution in [2.24, 2.45) is 0 Å². The minimum Gasteiger partial charge on any atom is -0.453 e. The van der Waals surface area contributed by atoms with Crippen LogP contribution in [0.2, 0.25) is 0 Å². The van der Waals surface area contributed by atoms with Gasteiger partial charge in [0.2, 0.25) is 0 Å². The molecule has 6 aromatic rings. The highest BCUT2D eigenvalue weighted by molar-refractivity contribution is 5.90. The van der Waals surface area contributed by atoms with Crippen molar-refractivity contribution < 1.29 is 28.7 Å². The molecule has 1 unspecified atom stereocenters. The molecule has 5 N–H and O–H groups in total. The second-order valence-electron chi connectivity index (χ2n) is 14.0. The number of methoxy groups -OCH3 is 2. The van der Waals surface area contributed by atoms with Crippen LogP contribution in [0.15, 0.2) is 110 Å². The second kappa shape index (κ2) is 18.4. The van der Waals surface area contributed by atoms with Gasteiger partial charge >= 0.3 is 12.2 Å². The SMILES string of the molecule is COC(=O)NC(C(=O)N1CCC[C@H]1c1ncc(-c2cnc(-c3ccc(-c4cnc([C@@H](C)NCC(=O)[C@H](NC(=O)OC)c5ccccc5)[nH]4)cc3)nc2)[nH]1)c1ccccc1. The first-order chi connectivity index (χ1) is 28.7. The molecule has 16 heteroatoms. The lowest BCUT2D eigenvalue weighted by Crippen LogP contribution is -2.42. The van der Waals surface area contributed by atoms with Crippen molar-refractivity contribution in [1.82, 2.24) is 50.8 Å². The van der Waals surface area contributed by atoms with Gasteiger partial charge in [-0.2, -0.15) is 0 Å². The van der Waals surface area contributed by atoms with Gasteiger partial charge in [0, 0.05) is 30.1 Å². The topological polar surface area (TPSA) is 209 Å². The Morgan fingerprint density at radius 1 is 0.712 bits per heavy atom. The number of likely N-dealkylation sites (tertiary alicyclic amines) is 1. The number of carbonyl (C=O) groups excluding carboxylic acids is 4. The van der Waals surface area contributed by atoms with Crippen LogP contribution >= 0.6 is 0 Å². The van der Waals surface area contributed by atoms with E-state index in [1.807, 2.05) is 55.5 Å². The largest absolute Gasteiger partial charge is 0.453 e. The molecule has 7 rings (SSSR count). The Bertz CT molecular complexity index is 2370. The molecule has 4 atom stereocenters. The second-order valence-corrected chi connectivity index (χ2v) is 14.0. The summed E-state index contributed by atoms with van der Waals surface area (Å²) in [7, 11) is 2.52. The molecule has 302 valence electrons. The minimum atomic E-state index is -0.903. The fraction of sp³-hybridized carbons (Fsp3) is 0.256. The smallest absolute Gasteiger partial charge is 0.407 e. The van der Waals surface area contributed by atoms with E-state index in [1.165, 1.54) is 14.2 Å². The Labute approximate surface area is 340 Å². The standard InChI is InChI=1S/C43H44N10O6/c1-26(44-25-35(54)36(51-42(56)58-2)28-11-6-4-7-12-28)38-47-23-32(49-38)27-16-18-30(19-17-27)39-45-21-31(22-46-39)33-24-48-40(50-33)34-15-10-20-53(34)41(55)37(52-43(57)59-3)29-13-8-5-9-14-29/h4-9,11-14,16-19,21-24,26,34,36-37,44H,10,15,20,25H2,1-3H3,(H,47,49)(H,48,50)(H,51,56)(H,52,57)/t26-,34+,36-,37?/m1/s1. The fourth-order valence-corrected chi connectivity index (χ4v) is 6.99. The van der Waals surface area contributed by atoms with E-state index >= 15 is 0 Å². The molecule has 0 radical (unpaired) electrons. The summed E-state index contributed by atoms with van der Waals surface area (Å²) in [5.74, 6) is 1.36. The maximum atomic E-state index is 13.9. The van der Waals surface area contributed by atoms with Gasteiger partial charge in [-0.15, -0.1) is 0 Å². The number of ketones is 1. The maximum Gasteiger partial charge on any atom is 0.407 e. The lowest BCUT2D eigenvalue weighted by atomic mass is 10.0. The van der Waals surface area contributed by atoms with E-state index < -0.39 is 24.3 Å². The third-order valence-corrected chi connectivity index (χ3v) is 10.2. The molecule has 1 aliphatic rings. The minimum absolute atomic E-state index is 0.0108. The Morgan fingerprint density at radius 3 is 1.93 bits per heavy atom. The normalized spacial score (nSPS) is 15.2. The summed E-state index contributed by atoms with van der Waals surface area (Å²) < 4.78 is 9.53. The first-order valence-electron chi connectivity index (χ1n) is 19.1. The number of aromatic nitrogens is 6. The van der Waals surface area contributed by atoms with Crippen LogP contribution in [-0.2, 0) is 19.1 Å². The number of imidazole rings is 2. The summed E-state index contributed by atoms with van der Waals surface area (Å²) in [4.78, 5) is 78.0. The van der Waals surface area contributed by atoms with Crippen molar-refractivity contribution in [3.05, 3.63) is 132 Å². The number of H-pyrrole nitrogens is 2. The predicted molar refractivity (Wildman–Crippen MR) is 217 cm³/mol. The van der Waals surface area contributed by atoms with Gasteiger partial charge in [-0.1, -0.05) is 84.9 Å². The number of aromatic amines is 2. The number of benzene rings is 3. The third kappa shape index (κ3) is 9.34. The van der Waals surface area contributed by atoms with E-state index in [0.717, 1.165) is 28.8 Å². The molecule has 3 aromatic heterocycles. The third-order valence-electron chi connectivity index (χ3n) is 10.2. The quantitative estimate of drug-likeness (QED) is 0.0863. The summed E-state index contributed by atoms with van der Waals surface area (Å²) in [6.07, 6.45) is 7.03. The Morgan fingerprint density at radius 2 is 1.29 bits per heavy atom. The summed E-state index contributed by atoms with van der Waals surface area (Å²) in [5.41, 5.74) is 5.28. The van der Waals surface area contributed by atoms with Crippen LogP contribution < -0.4 is 16.0 Å². The van der Waals surface area contributed by atoms with Gasteiger partial charge in [-0.3, -0.25) is 9.59 Å². The number of nitrogens with one attached hydrogen (secondary N) is 5. The fourth-order valence-electron chi connectivity index (χ4n) is 6.99. The van der Waals surface area contributed by atoms with Gasteiger partial charge in [0.05, 0.1) is 56.6 Å². The Balaban J connectivity index is 0.968. The number of hydrogen-bond donors (Lipinski definition) is 5. The molecule has 3 aromatic carbocycles. The predicted octanol–water partition coefficient (Wildman–Crippen LogP) is 6.00. The number of Topliss-reactive ketones (excluding diaryl/α,β-unsaturated/α-hetero) is 1. The van der Waals surface area contributed by atoms with E-state index in [0.29, 0.717) is 47.3 Å². The molecule has 16 nitrogen and oxygen atoms in total. The van der Waals surface area contributed by atoms with Crippen LogP contribution in [0.1, 0.15) is 66.7 Å². The van der Waals surface area contributed by atoms with Crippen LogP contribution in [-0.4, -0.2) is 86.0 Å². The number of rotatable bonds is 14. The lowest BCUT2D eigenvalue weighted by Gasteiger charge is -2.28. The number of hydrogen-bond acceptors (Lipinski definition) is 11. The van der Waals surface area contributed by atoms with E-state index in [4.69, 9.17) is 9.47 Å². The van der Waals surface area contributed by atoms with Crippen molar-refractivity contribution >= 4 is 23.9 Å². The lowest BCUT2D eigenvalue weighted by molar-refractivity contribution is -0.134. The van der Waals surface area contributed by atoms with E-state index in [2.05, 4.69) is 45.9 Å². The number of amides is 3. The highest BCUT2D eigenvalue weighted by atomic mass is 16.5. The van der Waals surface area contributed by atoms with Gasteiger partial charge in [0.15, 0.2) is 11.6 Å². The number of ether oxygens (including phenoxy) is 2. The highest BCUT2D eigenvalue weighted by Gasteiger charge is 2.37. The summed E-state index contributed by atoms with van der Waals surface area (Å²) >= 11 is 0. The summed E-state index contributed by atoms with van der Waals surface area (Å²) in [6, 6.07) is 23.5.